The molecule has 0 aliphatic carbocycles. The van der Waals surface area contributed by atoms with E-state index in [0.29, 0.717) is 5.71 Å². The molecular weight excluding hydrogens is 198 g/mol. The maximum atomic E-state index is 9.73. The van der Waals surface area contributed by atoms with E-state index in [1.165, 1.54) is 21.1 Å². The summed E-state index contributed by atoms with van der Waals surface area (Å²) >= 11 is 0. The molecule has 0 bridgehead atoms. The van der Waals surface area contributed by atoms with Crippen molar-refractivity contribution in [1.82, 2.24) is 0 Å². The topological polar surface area (TPSA) is 71.3 Å². The lowest BCUT2D eigenvalue weighted by molar-refractivity contribution is 0.0475. The third-order valence-corrected chi connectivity index (χ3v) is 2.11. The van der Waals surface area contributed by atoms with Crippen LogP contribution in [0.3, 0.4) is 0 Å². The monoisotopic (exact) mass is 219 g/mol. The summed E-state index contributed by atoms with van der Waals surface area (Å²) in [6.07, 6.45) is -2.35. The quantitative estimate of drug-likeness (QED) is 0.501. The van der Waals surface area contributed by atoms with Crippen LogP contribution in [0.15, 0.2) is 5.16 Å². The number of hydrogen-bond donors (Lipinski definition) is 2. The highest BCUT2D eigenvalue weighted by atomic mass is 16.6. The smallest absolute Gasteiger partial charge is 0.124 e. The third-order valence-electron chi connectivity index (χ3n) is 2.11. The van der Waals surface area contributed by atoms with E-state index in [9.17, 15) is 10.2 Å². The zero-order valence-corrected chi connectivity index (χ0v) is 9.97. The molecule has 2 N–H and O–H groups in total. The first-order chi connectivity index (χ1) is 6.95. The Balaban J connectivity index is 4.86. The number of aliphatic hydroxyl groups is 2. The molecule has 0 radical (unpaired) electrons. The van der Waals surface area contributed by atoms with Crippen molar-refractivity contribution in [1.29, 1.82) is 0 Å². The lowest BCUT2D eigenvalue weighted by atomic mass is 9.96. The van der Waals surface area contributed by atoms with Crippen LogP contribution < -0.4 is 0 Å². The van der Waals surface area contributed by atoms with Gasteiger partial charge in [-0.15, -0.1) is 0 Å². The van der Waals surface area contributed by atoms with Crippen molar-refractivity contribution >= 4 is 5.71 Å². The standard InChI is InChI=1S/C10H21NO4/c1-6(2)10(14-4)8(11-15-5)9(13)7(3)12/h6-7,9-10,12-13H,1-5H3/b11-8+/t7?,9-,10-/m0/s1. The first kappa shape index (κ1) is 14.3. The number of aliphatic hydroxyl groups excluding tert-OH is 2. The summed E-state index contributed by atoms with van der Waals surface area (Å²) in [6.45, 7) is 5.37. The summed E-state index contributed by atoms with van der Waals surface area (Å²) in [5.41, 5.74) is 0.310. The van der Waals surface area contributed by atoms with E-state index in [0.717, 1.165) is 0 Å². The average Bonchev–Trinajstić information content (AvgIpc) is 2.15. The molecule has 0 aliphatic rings. The zero-order chi connectivity index (χ0) is 12.0. The molecule has 90 valence electrons. The van der Waals surface area contributed by atoms with Gasteiger partial charge in [0.15, 0.2) is 0 Å². The number of nitrogens with zero attached hydrogens (tertiary/aromatic N) is 1. The van der Waals surface area contributed by atoms with Crippen LogP contribution in [0.25, 0.3) is 0 Å². The van der Waals surface area contributed by atoms with E-state index in [1.807, 2.05) is 13.8 Å². The molecular formula is C10H21NO4. The van der Waals surface area contributed by atoms with Gasteiger partial charge in [-0.25, -0.2) is 0 Å². The van der Waals surface area contributed by atoms with Crippen molar-refractivity contribution in [3.8, 4) is 0 Å². The molecule has 3 atom stereocenters. The lowest BCUT2D eigenvalue weighted by Crippen LogP contribution is -2.42. The zero-order valence-electron chi connectivity index (χ0n) is 9.97. The van der Waals surface area contributed by atoms with Gasteiger partial charge in [0.05, 0.1) is 6.10 Å². The number of methoxy groups -OCH3 is 1. The van der Waals surface area contributed by atoms with Crippen LogP contribution in [0, 0.1) is 5.92 Å². The van der Waals surface area contributed by atoms with Gasteiger partial charge in [0.1, 0.15) is 25.0 Å². The largest absolute Gasteiger partial charge is 0.399 e. The molecule has 0 fully saturated rings. The van der Waals surface area contributed by atoms with Crippen molar-refractivity contribution in [3.63, 3.8) is 0 Å². The second kappa shape index (κ2) is 6.76. The third kappa shape index (κ3) is 4.15. The Labute approximate surface area is 90.7 Å². The van der Waals surface area contributed by atoms with Gasteiger partial charge in [0.25, 0.3) is 0 Å². The summed E-state index contributed by atoms with van der Waals surface area (Å²) in [4.78, 5) is 4.65. The average molecular weight is 219 g/mol. The number of ether oxygens (including phenoxy) is 1. The molecule has 0 aromatic heterocycles. The van der Waals surface area contributed by atoms with Crippen LogP contribution in [-0.4, -0.2) is 48.5 Å². The summed E-state index contributed by atoms with van der Waals surface area (Å²) < 4.78 is 5.22. The van der Waals surface area contributed by atoms with Gasteiger partial charge in [0, 0.05) is 7.11 Å². The van der Waals surface area contributed by atoms with Crippen LogP contribution in [0.5, 0.6) is 0 Å². The first-order valence-electron chi connectivity index (χ1n) is 4.95. The number of oxime groups is 1. The second-order valence-electron chi connectivity index (χ2n) is 3.78. The predicted octanol–water partition coefficient (Wildman–Crippen LogP) is 0.401. The van der Waals surface area contributed by atoms with E-state index >= 15 is 0 Å². The van der Waals surface area contributed by atoms with E-state index in [4.69, 9.17) is 4.74 Å². The number of rotatable bonds is 6. The van der Waals surface area contributed by atoms with Gasteiger partial charge in [-0.1, -0.05) is 19.0 Å². The van der Waals surface area contributed by atoms with Gasteiger partial charge in [-0.2, -0.15) is 0 Å². The Bertz CT molecular complexity index is 204. The van der Waals surface area contributed by atoms with Gasteiger partial charge < -0.3 is 19.8 Å². The molecule has 0 spiro atoms. The van der Waals surface area contributed by atoms with Crippen LogP contribution in [-0.2, 0) is 9.57 Å². The van der Waals surface area contributed by atoms with Crippen LogP contribution in [0.2, 0.25) is 0 Å². The van der Waals surface area contributed by atoms with Crippen molar-refractivity contribution in [3.05, 3.63) is 0 Å². The van der Waals surface area contributed by atoms with Crippen molar-refractivity contribution in [2.45, 2.75) is 39.1 Å². The Morgan fingerprint density at radius 2 is 1.67 bits per heavy atom. The number of hydrogen-bond acceptors (Lipinski definition) is 5. The molecule has 0 aromatic rings. The van der Waals surface area contributed by atoms with Crippen LogP contribution in [0.4, 0.5) is 0 Å². The fraction of sp³-hybridized carbons (Fsp3) is 0.900. The highest BCUT2D eigenvalue weighted by Gasteiger charge is 2.29. The first-order valence-corrected chi connectivity index (χ1v) is 4.95. The fourth-order valence-corrected chi connectivity index (χ4v) is 1.36. The van der Waals surface area contributed by atoms with Crippen LogP contribution in [0.1, 0.15) is 20.8 Å². The van der Waals surface area contributed by atoms with Crippen molar-refractivity contribution in [2.24, 2.45) is 11.1 Å². The van der Waals surface area contributed by atoms with E-state index < -0.39 is 12.2 Å². The van der Waals surface area contributed by atoms with E-state index in [2.05, 4.69) is 9.99 Å². The molecule has 0 rings (SSSR count). The highest BCUT2D eigenvalue weighted by molar-refractivity contribution is 5.92. The van der Waals surface area contributed by atoms with Gasteiger partial charge >= 0.3 is 0 Å². The summed E-state index contributed by atoms with van der Waals surface area (Å²) in [5, 5.41) is 22.7. The predicted molar refractivity (Wildman–Crippen MR) is 57.8 cm³/mol. The molecule has 1 unspecified atom stereocenters. The van der Waals surface area contributed by atoms with Gasteiger partial charge in [-0.3, -0.25) is 0 Å². The Hall–Kier alpha value is -0.650. The minimum absolute atomic E-state index is 0.136. The van der Waals surface area contributed by atoms with E-state index in [-0.39, 0.29) is 12.0 Å². The lowest BCUT2D eigenvalue weighted by Gasteiger charge is -2.25. The maximum absolute atomic E-state index is 9.73. The molecule has 15 heavy (non-hydrogen) atoms. The maximum Gasteiger partial charge on any atom is 0.124 e. The highest BCUT2D eigenvalue weighted by Crippen LogP contribution is 2.12. The molecule has 5 nitrogen and oxygen atoms in total. The minimum Gasteiger partial charge on any atom is -0.399 e. The second-order valence-corrected chi connectivity index (χ2v) is 3.78. The van der Waals surface area contributed by atoms with Crippen molar-refractivity contribution < 1.29 is 19.8 Å². The SMILES string of the molecule is CO/N=C(\[C@@H](O)C(C)O)[C@@H](OC)C(C)C. The Morgan fingerprint density at radius 1 is 1.13 bits per heavy atom. The molecule has 0 saturated heterocycles. The van der Waals surface area contributed by atoms with Crippen molar-refractivity contribution in [2.75, 3.05) is 14.2 Å². The van der Waals surface area contributed by atoms with E-state index in [1.54, 1.807) is 0 Å². The van der Waals surface area contributed by atoms with Gasteiger partial charge in [0.2, 0.25) is 0 Å². The Kier molecular flexibility index (Phi) is 6.47. The fourth-order valence-electron chi connectivity index (χ4n) is 1.36. The molecule has 0 heterocycles. The summed E-state index contributed by atoms with van der Waals surface area (Å²) in [7, 11) is 2.92. The summed E-state index contributed by atoms with van der Waals surface area (Å²) in [6, 6.07) is 0. The molecule has 0 saturated carbocycles. The molecule has 5 heteroatoms. The van der Waals surface area contributed by atoms with Crippen LogP contribution >= 0.6 is 0 Å². The minimum atomic E-state index is -1.07. The Morgan fingerprint density at radius 3 is 1.93 bits per heavy atom. The molecule has 0 aromatic carbocycles. The molecule has 0 aliphatic heterocycles. The molecule has 0 amide bonds. The normalized spacial score (nSPS) is 18.8. The van der Waals surface area contributed by atoms with Gasteiger partial charge in [-0.05, 0) is 12.8 Å². The summed E-state index contributed by atoms with van der Waals surface area (Å²) in [5.74, 6) is 0.136.